The van der Waals surface area contributed by atoms with Gasteiger partial charge in [0.25, 0.3) is 0 Å². The van der Waals surface area contributed by atoms with Crippen molar-refractivity contribution in [2.45, 2.75) is 12.3 Å². The lowest BCUT2D eigenvalue weighted by molar-refractivity contribution is -0.137. The van der Waals surface area contributed by atoms with Crippen molar-refractivity contribution in [3.05, 3.63) is 113 Å². The molecule has 0 spiro atoms. The minimum atomic E-state index is -4.38. The van der Waals surface area contributed by atoms with Gasteiger partial charge in [-0.1, -0.05) is 54.6 Å². The quantitative estimate of drug-likeness (QED) is 0.335. The van der Waals surface area contributed by atoms with E-state index < -0.39 is 17.8 Å². The van der Waals surface area contributed by atoms with E-state index in [1.165, 1.54) is 12.1 Å². The van der Waals surface area contributed by atoms with Gasteiger partial charge in [-0.15, -0.1) is 0 Å². The number of ether oxygens (including phenoxy) is 2. The first kappa shape index (κ1) is 20.2. The van der Waals surface area contributed by atoms with E-state index in [1.54, 1.807) is 7.11 Å². The molecule has 5 heteroatoms. The highest BCUT2D eigenvalue weighted by Crippen LogP contribution is 2.44. The molecule has 0 N–H and O–H groups in total. The summed E-state index contributed by atoms with van der Waals surface area (Å²) in [7, 11) is 1.62. The van der Waals surface area contributed by atoms with Crippen molar-refractivity contribution in [2.75, 3.05) is 7.11 Å². The number of methoxy groups -OCH3 is 1. The summed E-state index contributed by atoms with van der Waals surface area (Å²) >= 11 is 0. The SMILES string of the molecule is COc1cccc(C2=CC(c3ccc(C(F)(F)F)cc3)Oc3ccc4ccccc4c32)c1. The zero-order valence-corrected chi connectivity index (χ0v) is 17.2. The van der Waals surface area contributed by atoms with Gasteiger partial charge in [0, 0.05) is 5.56 Å². The first-order valence-corrected chi connectivity index (χ1v) is 10.2. The van der Waals surface area contributed by atoms with Crippen molar-refractivity contribution in [1.29, 1.82) is 0 Å². The third kappa shape index (κ3) is 3.60. The van der Waals surface area contributed by atoms with Gasteiger partial charge in [0.05, 0.1) is 12.7 Å². The summed E-state index contributed by atoms with van der Waals surface area (Å²) in [6, 6.07) is 24.8. The molecular weight excluding hydrogens is 413 g/mol. The molecule has 0 fully saturated rings. The maximum Gasteiger partial charge on any atom is 0.416 e. The average molecular weight is 432 g/mol. The van der Waals surface area contributed by atoms with E-state index >= 15 is 0 Å². The van der Waals surface area contributed by atoms with Crippen LogP contribution in [0.1, 0.15) is 28.4 Å². The highest BCUT2D eigenvalue weighted by atomic mass is 19.4. The van der Waals surface area contributed by atoms with Gasteiger partial charge in [-0.2, -0.15) is 13.2 Å². The smallest absolute Gasteiger partial charge is 0.416 e. The van der Waals surface area contributed by atoms with Crippen LogP contribution in [0.5, 0.6) is 11.5 Å². The average Bonchev–Trinajstić information content (AvgIpc) is 2.82. The molecule has 0 aromatic heterocycles. The highest BCUT2D eigenvalue weighted by Gasteiger charge is 2.31. The van der Waals surface area contributed by atoms with E-state index in [0.717, 1.165) is 45.4 Å². The normalized spacial score (nSPS) is 15.6. The third-order valence-electron chi connectivity index (χ3n) is 5.68. The van der Waals surface area contributed by atoms with E-state index in [4.69, 9.17) is 9.47 Å². The van der Waals surface area contributed by atoms with Crippen molar-refractivity contribution in [2.24, 2.45) is 0 Å². The molecule has 5 rings (SSSR count). The number of rotatable bonds is 3. The van der Waals surface area contributed by atoms with Crippen LogP contribution in [-0.2, 0) is 6.18 Å². The van der Waals surface area contributed by atoms with E-state index in [1.807, 2.05) is 66.7 Å². The largest absolute Gasteiger partial charge is 0.497 e. The molecule has 4 aromatic rings. The Hall–Kier alpha value is -3.73. The number of hydrogen-bond acceptors (Lipinski definition) is 2. The zero-order chi connectivity index (χ0) is 22.3. The Kier molecular flexibility index (Phi) is 4.89. The first-order valence-electron chi connectivity index (χ1n) is 10.2. The van der Waals surface area contributed by atoms with Gasteiger partial charge in [0.2, 0.25) is 0 Å². The number of fused-ring (bicyclic) bond motifs is 3. The van der Waals surface area contributed by atoms with Crippen LogP contribution in [0.2, 0.25) is 0 Å². The summed E-state index contributed by atoms with van der Waals surface area (Å²) in [5.74, 6) is 1.41. The van der Waals surface area contributed by atoms with Gasteiger partial charge >= 0.3 is 6.18 Å². The molecule has 2 nitrogen and oxygen atoms in total. The number of benzene rings is 4. The van der Waals surface area contributed by atoms with E-state index in [0.29, 0.717) is 11.3 Å². The summed E-state index contributed by atoms with van der Waals surface area (Å²) in [5, 5.41) is 2.13. The van der Waals surface area contributed by atoms with Gasteiger partial charge in [-0.3, -0.25) is 0 Å². The molecule has 0 aliphatic carbocycles. The maximum atomic E-state index is 13.0. The minimum absolute atomic E-state index is 0.521. The van der Waals surface area contributed by atoms with Crippen LogP contribution < -0.4 is 9.47 Å². The second-order valence-electron chi connectivity index (χ2n) is 7.63. The molecule has 0 radical (unpaired) electrons. The number of halogens is 3. The molecule has 32 heavy (non-hydrogen) atoms. The van der Waals surface area contributed by atoms with Crippen LogP contribution in [0.25, 0.3) is 16.3 Å². The van der Waals surface area contributed by atoms with E-state index in [9.17, 15) is 13.2 Å². The molecular formula is C27H19F3O2. The molecule has 4 aromatic carbocycles. The molecule has 0 saturated carbocycles. The van der Waals surface area contributed by atoms with Crippen molar-refractivity contribution in [3.63, 3.8) is 0 Å². The molecule has 160 valence electrons. The van der Waals surface area contributed by atoms with Crippen LogP contribution in [0, 0.1) is 0 Å². The number of alkyl halides is 3. The molecule has 0 amide bonds. The lowest BCUT2D eigenvalue weighted by Gasteiger charge is -2.27. The monoisotopic (exact) mass is 432 g/mol. The molecule has 1 aliphatic heterocycles. The molecule has 1 atom stereocenters. The first-order chi connectivity index (χ1) is 15.4. The van der Waals surface area contributed by atoms with Crippen LogP contribution in [0.15, 0.2) is 91.0 Å². The summed E-state index contributed by atoms with van der Waals surface area (Å²) in [4.78, 5) is 0. The summed E-state index contributed by atoms with van der Waals surface area (Å²) in [6.07, 6.45) is -2.93. The summed E-state index contributed by atoms with van der Waals surface area (Å²) in [6.45, 7) is 0. The second-order valence-corrected chi connectivity index (χ2v) is 7.63. The van der Waals surface area contributed by atoms with Crippen LogP contribution in [0.3, 0.4) is 0 Å². The minimum Gasteiger partial charge on any atom is -0.497 e. The van der Waals surface area contributed by atoms with Crippen molar-refractivity contribution < 1.29 is 22.6 Å². The topological polar surface area (TPSA) is 18.5 Å². The Morgan fingerprint density at radius 2 is 1.62 bits per heavy atom. The van der Waals surface area contributed by atoms with Gasteiger partial charge in [0.1, 0.15) is 17.6 Å². The predicted octanol–water partition coefficient (Wildman–Crippen LogP) is 7.43. The van der Waals surface area contributed by atoms with E-state index in [-0.39, 0.29) is 0 Å². The summed E-state index contributed by atoms with van der Waals surface area (Å²) in [5.41, 5.74) is 2.83. The predicted molar refractivity (Wildman–Crippen MR) is 119 cm³/mol. The Labute approximate surface area is 183 Å². The Bertz CT molecular complexity index is 1320. The Balaban J connectivity index is 1.68. The lowest BCUT2D eigenvalue weighted by atomic mass is 9.88. The fraction of sp³-hybridized carbons (Fsp3) is 0.111. The fourth-order valence-corrected chi connectivity index (χ4v) is 4.09. The second kappa shape index (κ2) is 7.75. The van der Waals surface area contributed by atoms with Gasteiger partial charge in [-0.05, 0) is 63.9 Å². The van der Waals surface area contributed by atoms with Crippen molar-refractivity contribution >= 4 is 16.3 Å². The van der Waals surface area contributed by atoms with Crippen molar-refractivity contribution in [3.8, 4) is 11.5 Å². The molecule has 1 unspecified atom stereocenters. The Morgan fingerprint density at radius 3 is 2.38 bits per heavy atom. The van der Waals surface area contributed by atoms with Crippen LogP contribution >= 0.6 is 0 Å². The number of hydrogen-bond donors (Lipinski definition) is 0. The fourth-order valence-electron chi connectivity index (χ4n) is 4.09. The van der Waals surface area contributed by atoms with Crippen LogP contribution in [0.4, 0.5) is 13.2 Å². The van der Waals surface area contributed by atoms with Gasteiger partial charge in [0.15, 0.2) is 0 Å². The van der Waals surface area contributed by atoms with E-state index in [2.05, 4.69) is 0 Å². The van der Waals surface area contributed by atoms with Gasteiger partial charge in [-0.25, -0.2) is 0 Å². The third-order valence-corrected chi connectivity index (χ3v) is 5.68. The summed E-state index contributed by atoms with van der Waals surface area (Å²) < 4.78 is 50.7. The van der Waals surface area contributed by atoms with Crippen molar-refractivity contribution in [1.82, 2.24) is 0 Å². The maximum absolute atomic E-state index is 13.0. The van der Waals surface area contributed by atoms with Gasteiger partial charge < -0.3 is 9.47 Å². The standard InChI is InChI=1S/C27H19F3O2/c1-31-21-7-4-6-19(15-21)23-16-25(18-9-12-20(13-10-18)27(28,29)30)32-24-14-11-17-5-2-3-8-22(17)26(23)24/h2-16,25H,1H3. The van der Waals surface area contributed by atoms with Crippen LogP contribution in [-0.4, -0.2) is 7.11 Å². The molecule has 0 bridgehead atoms. The molecule has 0 saturated heterocycles. The molecule has 1 heterocycles. The lowest BCUT2D eigenvalue weighted by Crippen LogP contribution is -2.13. The highest BCUT2D eigenvalue weighted by molar-refractivity contribution is 6.01. The molecule has 1 aliphatic rings. The zero-order valence-electron chi connectivity index (χ0n) is 17.2. The Morgan fingerprint density at radius 1 is 0.844 bits per heavy atom.